The second-order valence-corrected chi connectivity index (χ2v) is 8.48. The number of benzene rings is 1. The van der Waals surface area contributed by atoms with Crippen LogP contribution in [0.4, 0.5) is 0 Å². The highest BCUT2D eigenvalue weighted by molar-refractivity contribution is 7.88. The Bertz CT molecular complexity index is 842. The van der Waals surface area contributed by atoms with Crippen molar-refractivity contribution in [2.45, 2.75) is 18.2 Å². The fourth-order valence-corrected chi connectivity index (χ4v) is 4.42. The fraction of sp³-hybridized carbons (Fsp3) is 0.412. The number of hydrogen-bond acceptors (Lipinski definition) is 6. The average molecular weight is 378 g/mol. The summed E-state index contributed by atoms with van der Waals surface area (Å²) in [6.45, 7) is 2.75. The number of aromatic nitrogens is 1. The Kier molecular flexibility index (Phi) is 5.12. The predicted octanol–water partition coefficient (Wildman–Crippen LogP) is 0.523. The topological polar surface area (TPSA) is 110 Å². The minimum absolute atomic E-state index is 0.211. The Labute approximate surface area is 152 Å². The molecule has 140 valence electrons. The van der Waals surface area contributed by atoms with Crippen LogP contribution in [0.2, 0.25) is 0 Å². The van der Waals surface area contributed by atoms with Gasteiger partial charge in [0.15, 0.2) is 0 Å². The Morgan fingerprint density at radius 2 is 1.85 bits per heavy atom. The molecule has 0 bridgehead atoms. The molecule has 1 aliphatic rings. The third-order valence-electron chi connectivity index (χ3n) is 4.56. The van der Waals surface area contributed by atoms with E-state index >= 15 is 0 Å². The first kappa shape index (κ1) is 18.6. The van der Waals surface area contributed by atoms with Gasteiger partial charge in [-0.25, -0.2) is 8.42 Å². The minimum Gasteiger partial charge on any atom is -0.364 e. The highest BCUT2D eigenvalue weighted by Crippen LogP contribution is 2.22. The third kappa shape index (κ3) is 3.79. The van der Waals surface area contributed by atoms with Gasteiger partial charge in [0, 0.05) is 32.2 Å². The van der Waals surface area contributed by atoms with Crippen LogP contribution < -0.4 is 5.73 Å². The van der Waals surface area contributed by atoms with E-state index in [2.05, 4.69) is 9.68 Å². The number of carbonyl (C=O) groups is 1. The lowest BCUT2D eigenvalue weighted by molar-refractivity contribution is -0.138. The molecular weight excluding hydrogens is 356 g/mol. The molecule has 9 heteroatoms. The van der Waals surface area contributed by atoms with Gasteiger partial charge in [-0.3, -0.25) is 4.79 Å². The van der Waals surface area contributed by atoms with Crippen molar-refractivity contribution in [1.29, 1.82) is 0 Å². The Balaban J connectivity index is 1.64. The number of sulfonamides is 1. The Morgan fingerprint density at radius 1 is 1.19 bits per heavy atom. The van der Waals surface area contributed by atoms with E-state index in [0.717, 1.165) is 5.56 Å². The van der Waals surface area contributed by atoms with Crippen LogP contribution in [0.1, 0.15) is 18.2 Å². The molecule has 8 nitrogen and oxygen atoms in total. The molecule has 0 saturated carbocycles. The van der Waals surface area contributed by atoms with Crippen molar-refractivity contribution in [3.63, 3.8) is 0 Å². The maximum absolute atomic E-state index is 12.8. The monoisotopic (exact) mass is 378 g/mol. The minimum atomic E-state index is -3.50. The molecule has 1 fully saturated rings. The lowest BCUT2D eigenvalue weighted by atomic mass is 9.91. The van der Waals surface area contributed by atoms with Gasteiger partial charge in [0.2, 0.25) is 15.9 Å². The molecule has 0 aliphatic carbocycles. The lowest BCUT2D eigenvalue weighted by Gasteiger charge is -2.38. The van der Waals surface area contributed by atoms with E-state index in [1.54, 1.807) is 11.8 Å². The van der Waals surface area contributed by atoms with Gasteiger partial charge in [0.1, 0.15) is 17.6 Å². The third-order valence-corrected chi connectivity index (χ3v) is 6.37. The van der Waals surface area contributed by atoms with Crippen molar-refractivity contribution >= 4 is 15.9 Å². The first-order valence-corrected chi connectivity index (χ1v) is 9.92. The number of nitrogens with zero attached hydrogens (tertiary/aromatic N) is 3. The molecule has 2 aromatic rings. The van der Waals surface area contributed by atoms with Gasteiger partial charge in [-0.2, -0.15) is 4.31 Å². The highest BCUT2D eigenvalue weighted by Gasteiger charge is 2.37. The first-order valence-electron chi connectivity index (χ1n) is 8.31. The van der Waals surface area contributed by atoms with Crippen LogP contribution in [0.15, 0.2) is 47.2 Å². The van der Waals surface area contributed by atoms with E-state index in [-0.39, 0.29) is 24.7 Å². The summed E-state index contributed by atoms with van der Waals surface area (Å²) in [7, 11) is -3.50. The van der Waals surface area contributed by atoms with Gasteiger partial charge in [-0.05, 0) is 12.5 Å². The van der Waals surface area contributed by atoms with Crippen molar-refractivity contribution < 1.29 is 17.7 Å². The Hall–Kier alpha value is -2.23. The summed E-state index contributed by atoms with van der Waals surface area (Å²) in [6.07, 6.45) is 1.34. The molecule has 26 heavy (non-hydrogen) atoms. The zero-order valence-corrected chi connectivity index (χ0v) is 15.4. The summed E-state index contributed by atoms with van der Waals surface area (Å²) in [5.74, 6) is -0.423. The first-order chi connectivity index (χ1) is 12.3. The van der Waals surface area contributed by atoms with Crippen LogP contribution in [0.5, 0.6) is 0 Å². The lowest BCUT2D eigenvalue weighted by Crippen LogP contribution is -2.57. The zero-order valence-electron chi connectivity index (χ0n) is 14.5. The molecule has 1 aromatic heterocycles. The molecule has 3 rings (SSSR count). The van der Waals surface area contributed by atoms with Crippen LogP contribution in [0.3, 0.4) is 0 Å². The molecule has 2 heterocycles. The van der Waals surface area contributed by atoms with Crippen molar-refractivity contribution in [3.05, 3.63) is 53.9 Å². The van der Waals surface area contributed by atoms with Crippen LogP contribution in [-0.2, 0) is 26.1 Å². The van der Waals surface area contributed by atoms with Crippen LogP contribution >= 0.6 is 0 Å². The number of nitrogens with two attached hydrogens (primary N) is 1. The van der Waals surface area contributed by atoms with Crippen LogP contribution in [0, 0.1) is 0 Å². The highest BCUT2D eigenvalue weighted by atomic mass is 32.2. The molecule has 1 atom stereocenters. The number of amides is 1. The maximum atomic E-state index is 12.8. The van der Waals surface area contributed by atoms with Crippen molar-refractivity contribution in [2.75, 3.05) is 26.2 Å². The fourth-order valence-electron chi connectivity index (χ4n) is 3.00. The number of piperazine rings is 1. The predicted molar refractivity (Wildman–Crippen MR) is 95.3 cm³/mol. The van der Waals surface area contributed by atoms with E-state index in [9.17, 15) is 13.2 Å². The molecule has 0 radical (unpaired) electrons. The van der Waals surface area contributed by atoms with E-state index < -0.39 is 15.6 Å². The molecule has 1 unspecified atom stereocenters. The van der Waals surface area contributed by atoms with E-state index in [4.69, 9.17) is 5.73 Å². The smallest absolute Gasteiger partial charge is 0.247 e. The second kappa shape index (κ2) is 7.18. The van der Waals surface area contributed by atoms with Crippen LogP contribution in [-0.4, -0.2) is 54.9 Å². The maximum Gasteiger partial charge on any atom is 0.247 e. The van der Waals surface area contributed by atoms with E-state index in [1.165, 1.54) is 16.6 Å². The van der Waals surface area contributed by atoms with Gasteiger partial charge in [0.25, 0.3) is 0 Å². The summed E-state index contributed by atoms with van der Waals surface area (Å²) >= 11 is 0. The van der Waals surface area contributed by atoms with Gasteiger partial charge in [-0.1, -0.05) is 35.5 Å². The molecule has 1 saturated heterocycles. The quantitative estimate of drug-likeness (QED) is 0.812. The summed E-state index contributed by atoms with van der Waals surface area (Å²) in [4.78, 5) is 14.5. The molecule has 0 spiro atoms. The average Bonchev–Trinajstić information content (AvgIpc) is 3.14. The number of carbonyl (C=O) groups excluding carboxylic acids is 1. The molecule has 1 aliphatic heterocycles. The Morgan fingerprint density at radius 3 is 2.42 bits per heavy atom. The zero-order chi connectivity index (χ0) is 18.8. The second-order valence-electron chi connectivity index (χ2n) is 6.51. The molecular formula is C17H22N4O4S. The van der Waals surface area contributed by atoms with Gasteiger partial charge < -0.3 is 15.2 Å². The van der Waals surface area contributed by atoms with E-state index in [0.29, 0.717) is 18.8 Å². The van der Waals surface area contributed by atoms with Crippen molar-refractivity contribution in [1.82, 2.24) is 14.4 Å². The number of hydrogen-bond donors (Lipinski definition) is 1. The summed E-state index contributed by atoms with van der Waals surface area (Å²) < 4.78 is 31.0. The number of rotatable bonds is 5. The summed E-state index contributed by atoms with van der Waals surface area (Å²) in [5, 5.41) is 3.64. The van der Waals surface area contributed by atoms with Gasteiger partial charge >= 0.3 is 0 Å². The van der Waals surface area contributed by atoms with E-state index in [1.807, 2.05) is 30.3 Å². The van der Waals surface area contributed by atoms with Crippen LogP contribution in [0.25, 0.3) is 0 Å². The summed E-state index contributed by atoms with van der Waals surface area (Å²) in [5.41, 5.74) is 6.22. The van der Waals surface area contributed by atoms with Gasteiger partial charge in [0.05, 0.1) is 5.69 Å². The molecule has 1 aromatic carbocycles. The molecule has 1 amide bonds. The molecule has 2 N–H and O–H groups in total. The summed E-state index contributed by atoms with van der Waals surface area (Å²) in [6, 6.07) is 10.7. The van der Waals surface area contributed by atoms with Crippen molar-refractivity contribution in [2.24, 2.45) is 5.73 Å². The standard InChI is InChI=1S/C17H22N4O4S/c1-17(18,14-5-3-2-4-6-14)16(22)20-8-10-21(11-9-20)26(23,24)13-15-7-12-25-19-15/h2-7,12H,8-11,13,18H2,1H3. The largest absolute Gasteiger partial charge is 0.364 e. The SMILES string of the molecule is CC(N)(C(=O)N1CCN(S(=O)(=O)Cc2ccon2)CC1)c1ccccc1. The van der Waals surface area contributed by atoms with Crippen molar-refractivity contribution in [3.8, 4) is 0 Å². The normalized spacial score (nSPS) is 18.5. The van der Waals surface area contributed by atoms with Gasteiger partial charge in [-0.15, -0.1) is 0 Å².